The fourth-order valence-electron chi connectivity index (χ4n) is 1.97. The first kappa shape index (κ1) is 17.0. The Kier molecular flexibility index (Phi) is 5.71. The van der Waals surface area contributed by atoms with E-state index < -0.39 is 11.9 Å². The Labute approximate surface area is 139 Å². The number of ether oxygens (including phenoxy) is 2. The molecule has 1 aromatic carbocycles. The van der Waals surface area contributed by atoms with Gasteiger partial charge < -0.3 is 9.47 Å². The molecule has 0 aliphatic heterocycles. The fourth-order valence-corrected chi connectivity index (χ4v) is 2.16. The second kappa shape index (κ2) is 7.74. The Morgan fingerprint density at radius 1 is 1.04 bits per heavy atom. The highest BCUT2D eigenvalue weighted by atomic mass is 35.5. The molecule has 0 spiro atoms. The Morgan fingerprint density at radius 3 is 2.39 bits per heavy atom. The van der Waals surface area contributed by atoms with Crippen molar-refractivity contribution in [3.05, 3.63) is 52.7 Å². The first-order chi connectivity index (χ1) is 11.0. The molecule has 120 valence electrons. The molecule has 5 nitrogen and oxygen atoms in total. The summed E-state index contributed by atoms with van der Waals surface area (Å²) >= 11 is 5.99. The van der Waals surface area contributed by atoms with Crippen molar-refractivity contribution >= 4 is 23.5 Å². The van der Waals surface area contributed by atoms with Gasteiger partial charge in [-0.15, -0.1) is 0 Å². The summed E-state index contributed by atoms with van der Waals surface area (Å²) in [5.74, 6) is -1.12. The first-order valence-electron chi connectivity index (χ1n) is 7.17. The van der Waals surface area contributed by atoms with Crippen molar-refractivity contribution in [3.63, 3.8) is 0 Å². The number of hydrogen-bond donors (Lipinski definition) is 0. The van der Waals surface area contributed by atoms with Crippen LogP contribution in [0.5, 0.6) is 0 Å². The number of halogens is 1. The van der Waals surface area contributed by atoms with Crippen molar-refractivity contribution in [2.24, 2.45) is 0 Å². The van der Waals surface area contributed by atoms with Crippen LogP contribution < -0.4 is 0 Å². The molecule has 0 atom stereocenters. The van der Waals surface area contributed by atoms with Crippen LogP contribution in [0.1, 0.15) is 34.7 Å². The maximum Gasteiger partial charge on any atom is 0.356 e. The van der Waals surface area contributed by atoms with Gasteiger partial charge in [0.15, 0.2) is 0 Å². The highest BCUT2D eigenvalue weighted by Crippen LogP contribution is 2.23. The van der Waals surface area contributed by atoms with Crippen LogP contribution in [-0.2, 0) is 9.47 Å². The standard InChI is InChI=1S/C17H16ClNO4/c1-3-22-16(20)12-9-14(11-6-5-7-13(18)8-11)19-15(10-12)17(21)23-4-2/h5-10H,3-4H2,1-2H3. The zero-order valence-electron chi connectivity index (χ0n) is 12.8. The molecule has 0 amide bonds. The molecule has 0 saturated carbocycles. The van der Waals surface area contributed by atoms with Crippen LogP contribution in [0.4, 0.5) is 0 Å². The Hall–Kier alpha value is -2.40. The molecule has 1 heterocycles. The molecule has 0 radical (unpaired) electrons. The van der Waals surface area contributed by atoms with Gasteiger partial charge in [0.1, 0.15) is 5.69 Å². The van der Waals surface area contributed by atoms with Crippen LogP contribution in [0.3, 0.4) is 0 Å². The van der Waals surface area contributed by atoms with Gasteiger partial charge in [0.2, 0.25) is 0 Å². The molecule has 0 unspecified atom stereocenters. The Morgan fingerprint density at radius 2 is 1.74 bits per heavy atom. The van der Waals surface area contributed by atoms with E-state index >= 15 is 0 Å². The zero-order chi connectivity index (χ0) is 16.8. The van der Waals surface area contributed by atoms with Crippen molar-refractivity contribution in [2.45, 2.75) is 13.8 Å². The van der Waals surface area contributed by atoms with E-state index in [1.807, 2.05) is 0 Å². The van der Waals surface area contributed by atoms with Crippen LogP contribution in [0, 0.1) is 0 Å². The molecule has 2 aromatic rings. The second-order valence-corrected chi connectivity index (χ2v) is 5.01. The number of carbonyl (C=O) groups excluding carboxylic acids is 2. The average Bonchev–Trinajstić information content (AvgIpc) is 2.55. The molecule has 23 heavy (non-hydrogen) atoms. The number of benzene rings is 1. The topological polar surface area (TPSA) is 65.5 Å². The van der Waals surface area contributed by atoms with Gasteiger partial charge in [-0.2, -0.15) is 0 Å². The highest BCUT2D eigenvalue weighted by Gasteiger charge is 2.17. The molecule has 0 bridgehead atoms. The van der Waals surface area contributed by atoms with Crippen molar-refractivity contribution in [1.29, 1.82) is 0 Å². The predicted molar refractivity (Wildman–Crippen MR) is 86.6 cm³/mol. The maximum atomic E-state index is 12.0. The number of pyridine rings is 1. The summed E-state index contributed by atoms with van der Waals surface area (Å²) in [4.78, 5) is 28.2. The summed E-state index contributed by atoms with van der Waals surface area (Å²) in [6, 6.07) is 9.91. The Balaban J connectivity index is 2.52. The van der Waals surface area contributed by atoms with E-state index in [0.717, 1.165) is 0 Å². The maximum absolute atomic E-state index is 12.0. The predicted octanol–water partition coefficient (Wildman–Crippen LogP) is 3.76. The summed E-state index contributed by atoms with van der Waals surface area (Å²) in [6.45, 7) is 3.87. The number of rotatable bonds is 5. The van der Waals surface area contributed by atoms with E-state index in [1.54, 1.807) is 44.2 Å². The smallest absolute Gasteiger partial charge is 0.356 e. The minimum atomic E-state index is -0.595. The number of hydrogen-bond acceptors (Lipinski definition) is 5. The summed E-state index contributed by atoms with van der Waals surface area (Å²) < 4.78 is 9.95. The van der Waals surface area contributed by atoms with E-state index in [-0.39, 0.29) is 24.5 Å². The average molecular weight is 334 g/mol. The molecule has 6 heteroatoms. The highest BCUT2D eigenvalue weighted by molar-refractivity contribution is 6.30. The molecular formula is C17H16ClNO4. The molecule has 0 aliphatic carbocycles. The van der Waals surface area contributed by atoms with Crippen LogP contribution in [0.25, 0.3) is 11.3 Å². The summed E-state index contributed by atoms with van der Waals surface area (Å²) in [5.41, 5.74) is 1.42. The normalized spacial score (nSPS) is 10.2. The van der Waals surface area contributed by atoms with Crippen molar-refractivity contribution in [3.8, 4) is 11.3 Å². The lowest BCUT2D eigenvalue weighted by Gasteiger charge is -2.09. The Bertz CT molecular complexity index is 694. The van der Waals surface area contributed by atoms with Crippen LogP contribution in [0.15, 0.2) is 36.4 Å². The first-order valence-corrected chi connectivity index (χ1v) is 7.55. The summed E-state index contributed by atoms with van der Waals surface area (Å²) in [6.07, 6.45) is 0. The number of aromatic nitrogens is 1. The largest absolute Gasteiger partial charge is 0.462 e. The molecule has 0 fully saturated rings. The van der Waals surface area contributed by atoms with Gasteiger partial charge in [0.05, 0.1) is 24.5 Å². The van der Waals surface area contributed by atoms with Crippen LogP contribution >= 0.6 is 11.6 Å². The quantitative estimate of drug-likeness (QED) is 0.779. The third kappa shape index (κ3) is 4.29. The van der Waals surface area contributed by atoms with Gasteiger partial charge in [0.25, 0.3) is 0 Å². The second-order valence-electron chi connectivity index (χ2n) is 4.58. The fraction of sp³-hybridized carbons (Fsp3) is 0.235. The SMILES string of the molecule is CCOC(=O)c1cc(C(=O)OCC)nc(-c2cccc(Cl)c2)c1. The summed E-state index contributed by atoms with van der Waals surface area (Å²) in [5, 5.41) is 0.531. The monoisotopic (exact) mass is 333 g/mol. The van der Waals surface area contributed by atoms with E-state index in [1.165, 1.54) is 6.07 Å². The van der Waals surface area contributed by atoms with E-state index in [0.29, 0.717) is 16.3 Å². The van der Waals surface area contributed by atoms with Gasteiger partial charge in [-0.25, -0.2) is 14.6 Å². The van der Waals surface area contributed by atoms with Crippen LogP contribution in [-0.4, -0.2) is 30.1 Å². The number of carbonyl (C=O) groups is 2. The molecule has 0 aliphatic rings. The number of nitrogens with zero attached hydrogens (tertiary/aromatic N) is 1. The van der Waals surface area contributed by atoms with Crippen LogP contribution in [0.2, 0.25) is 5.02 Å². The van der Waals surface area contributed by atoms with Crippen molar-refractivity contribution in [1.82, 2.24) is 4.98 Å². The van der Waals surface area contributed by atoms with Gasteiger partial charge >= 0.3 is 11.9 Å². The van der Waals surface area contributed by atoms with Gasteiger partial charge in [-0.1, -0.05) is 23.7 Å². The number of esters is 2. The zero-order valence-corrected chi connectivity index (χ0v) is 13.6. The molecule has 0 saturated heterocycles. The summed E-state index contributed by atoms with van der Waals surface area (Å²) in [7, 11) is 0. The third-order valence-electron chi connectivity index (χ3n) is 2.94. The van der Waals surface area contributed by atoms with E-state index in [9.17, 15) is 9.59 Å². The molecule has 0 N–H and O–H groups in total. The lowest BCUT2D eigenvalue weighted by molar-refractivity contribution is 0.0519. The van der Waals surface area contributed by atoms with E-state index in [2.05, 4.69) is 4.98 Å². The lowest BCUT2D eigenvalue weighted by Crippen LogP contribution is -2.12. The van der Waals surface area contributed by atoms with Gasteiger partial charge in [-0.05, 0) is 38.1 Å². The van der Waals surface area contributed by atoms with Gasteiger partial charge in [-0.3, -0.25) is 0 Å². The van der Waals surface area contributed by atoms with E-state index in [4.69, 9.17) is 21.1 Å². The van der Waals surface area contributed by atoms with Gasteiger partial charge in [0, 0.05) is 10.6 Å². The third-order valence-corrected chi connectivity index (χ3v) is 3.18. The minimum Gasteiger partial charge on any atom is -0.462 e. The van der Waals surface area contributed by atoms with Crippen molar-refractivity contribution in [2.75, 3.05) is 13.2 Å². The van der Waals surface area contributed by atoms with Crippen molar-refractivity contribution < 1.29 is 19.1 Å². The lowest BCUT2D eigenvalue weighted by atomic mass is 10.1. The molecular weight excluding hydrogens is 318 g/mol. The minimum absolute atomic E-state index is 0.0485. The molecule has 1 aromatic heterocycles. The molecule has 2 rings (SSSR count).